The maximum absolute atomic E-state index is 12.6. The minimum atomic E-state index is -0.116. The number of nitrogens with one attached hydrogen (secondary N) is 2. The molecule has 6 nitrogen and oxygen atoms in total. The van der Waals surface area contributed by atoms with Crippen LogP contribution < -0.4 is 5.32 Å². The van der Waals surface area contributed by atoms with Crippen molar-refractivity contribution in [1.82, 2.24) is 15.0 Å². The molecule has 1 aliphatic rings. The predicted octanol–water partition coefficient (Wildman–Crippen LogP) is 3.57. The van der Waals surface area contributed by atoms with Gasteiger partial charge < -0.3 is 10.3 Å². The van der Waals surface area contributed by atoms with Gasteiger partial charge in [0.25, 0.3) is 0 Å². The zero-order valence-corrected chi connectivity index (χ0v) is 14.5. The molecule has 2 heterocycles. The Labute approximate surface area is 151 Å². The van der Waals surface area contributed by atoms with Crippen LogP contribution in [0.15, 0.2) is 42.6 Å². The number of carbonyl (C=O) groups excluding carboxylic acids is 2. The minimum Gasteiger partial charge on any atom is -0.337 e. The first kappa shape index (κ1) is 16.4. The number of H-pyrrole nitrogens is 1. The van der Waals surface area contributed by atoms with Crippen molar-refractivity contribution in [3.8, 4) is 11.5 Å². The molecule has 0 bridgehead atoms. The maximum Gasteiger partial charge on any atom is 0.227 e. The van der Waals surface area contributed by atoms with Crippen LogP contribution in [0.25, 0.3) is 22.6 Å². The summed E-state index contributed by atoms with van der Waals surface area (Å²) in [5.74, 6) is 0.900. The first-order valence-electron chi connectivity index (χ1n) is 8.84. The first-order chi connectivity index (χ1) is 12.6. The van der Waals surface area contributed by atoms with E-state index in [1.165, 1.54) is 0 Å². The average molecular weight is 348 g/mol. The number of amides is 1. The molecule has 0 saturated heterocycles. The molecule has 1 fully saturated rings. The van der Waals surface area contributed by atoms with E-state index in [1.807, 2.05) is 43.3 Å². The van der Waals surface area contributed by atoms with E-state index in [2.05, 4.69) is 20.3 Å². The van der Waals surface area contributed by atoms with Gasteiger partial charge in [0, 0.05) is 30.6 Å². The van der Waals surface area contributed by atoms with E-state index in [9.17, 15) is 9.59 Å². The summed E-state index contributed by atoms with van der Waals surface area (Å²) in [5, 5.41) is 2.98. The summed E-state index contributed by atoms with van der Waals surface area (Å²) in [4.78, 5) is 36.2. The van der Waals surface area contributed by atoms with E-state index >= 15 is 0 Å². The smallest absolute Gasteiger partial charge is 0.227 e. The molecule has 3 aromatic rings. The molecular weight excluding hydrogens is 328 g/mol. The number of hydrogen-bond donors (Lipinski definition) is 2. The topological polar surface area (TPSA) is 87.7 Å². The summed E-state index contributed by atoms with van der Waals surface area (Å²) in [6, 6.07) is 11.3. The molecule has 6 heteroatoms. The van der Waals surface area contributed by atoms with Crippen LogP contribution in [0, 0.1) is 11.8 Å². The van der Waals surface area contributed by atoms with E-state index in [0.717, 1.165) is 22.4 Å². The number of carbonyl (C=O) groups is 2. The highest BCUT2D eigenvalue weighted by Gasteiger charge is 2.31. The van der Waals surface area contributed by atoms with Gasteiger partial charge in [-0.05, 0) is 42.7 Å². The van der Waals surface area contributed by atoms with Gasteiger partial charge in [0.05, 0.1) is 11.0 Å². The van der Waals surface area contributed by atoms with Gasteiger partial charge >= 0.3 is 0 Å². The molecule has 2 aromatic heterocycles. The number of nitrogens with zero attached hydrogens (tertiary/aromatic N) is 2. The summed E-state index contributed by atoms with van der Waals surface area (Å²) in [6.07, 6.45) is 3.34. The number of aromatic nitrogens is 3. The third-order valence-electron chi connectivity index (χ3n) is 4.96. The number of benzene rings is 1. The van der Waals surface area contributed by atoms with Crippen LogP contribution in [0.4, 0.5) is 5.69 Å². The van der Waals surface area contributed by atoms with Crippen molar-refractivity contribution in [2.45, 2.75) is 26.2 Å². The minimum absolute atomic E-state index is 0.0196. The zero-order valence-electron chi connectivity index (χ0n) is 14.5. The van der Waals surface area contributed by atoms with E-state index in [4.69, 9.17) is 0 Å². The van der Waals surface area contributed by atoms with Gasteiger partial charge in [0.2, 0.25) is 5.91 Å². The fourth-order valence-corrected chi connectivity index (χ4v) is 3.54. The van der Waals surface area contributed by atoms with E-state index < -0.39 is 0 Å². The van der Waals surface area contributed by atoms with Crippen LogP contribution in [0.5, 0.6) is 0 Å². The predicted molar refractivity (Wildman–Crippen MR) is 99.5 cm³/mol. The largest absolute Gasteiger partial charge is 0.337 e. The summed E-state index contributed by atoms with van der Waals surface area (Å²) < 4.78 is 0. The lowest BCUT2D eigenvalue weighted by Gasteiger charge is -2.26. The van der Waals surface area contributed by atoms with Crippen LogP contribution in [0.2, 0.25) is 0 Å². The Morgan fingerprint density at radius 1 is 1.27 bits per heavy atom. The van der Waals surface area contributed by atoms with Gasteiger partial charge in [-0.1, -0.05) is 13.0 Å². The summed E-state index contributed by atoms with van der Waals surface area (Å²) in [7, 11) is 0. The maximum atomic E-state index is 12.6. The molecule has 26 heavy (non-hydrogen) atoms. The molecule has 132 valence electrons. The number of anilines is 1. The van der Waals surface area contributed by atoms with Crippen LogP contribution in [0.3, 0.4) is 0 Å². The standard InChI is InChI=1S/C20H20N4O2/c1-12-10-14(25)6-7-15(12)20(26)22-13-5-8-16-18(11-13)24-19(23-16)17-4-2-3-9-21-17/h2-5,8-9,11-12,15H,6-7,10H2,1H3,(H,22,26)(H,23,24)/t12-,15-/m0/s1. The molecule has 1 aromatic carbocycles. The molecule has 4 rings (SSSR count). The highest BCUT2D eigenvalue weighted by molar-refractivity contribution is 5.96. The van der Waals surface area contributed by atoms with Gasteiger partial charge in [0.1, 0.15) is 11.5 Å². The molecule has 0 radical (unpaired) electrons. The third-order valence-corrected chi connectivity index (χ3v) is 4.96. The molecular formula is C20H20N4O2. The van der Waals surface area contributed by atoms with Gasteiger partial charge in [0.15, 0.2) is 5.82 Å². The van der Waals surface area contributed by atoms with E-state index in [1.54, 1.807) is 6.20 Å². The first-order valence-corrected chi connectivity index (χ1v) is 8.84. The highest BCUT2D eigenvalue weighted by Crippen LogP contribution is 2.29. The number of fused-ring (bicyclic) bond motifs is 1. The van der Waals surface area contributed by atoms with Gasteiger partial charge in [-0.15, -0.1) is 0 Å². The Kier molecular flexibility index (Phi) is 4.24. The lowest BCUT2D eigenvalue weighted by molar-refractivity contribution is -0.127. The number of aromatic amines is 1. The summed E-state index contributed by atoms with van der Waals surface area (Å²) in [5.41, 5.74) is 3.16. The quantitative estimate of drug-likeness (QED) is 0.757. The Morgan fingerprint density at radius 2 is 2.15 bits per heavy atom. The Balaban J connectivity index is 1.54. The summed E-state index contributed by atoms with van der Waals surface area (Å²) in [6.45, 7) is 1.97. The number of imidazole rings is 1. The van der Waals surface area contributed by atoms with Gasteiger partial charge in [-0.2, -0.15) is 0 Å². The molecule has 1 saturated carbocycles. The second kappa shape index (κ2) is 6.71. The van der Waals surface area contributed by atoms with Crippen LogP contribution in [-0.2, 0) is 9.59 Å². The molecule has 1 aliphatic carbocycles. The van der Waals surface area contributed by atoms with Crippen molar-refractivity contribution in [1.29, 1.82) is 0 Å². The molecule has 0 unspecified atom stereocenters. The number of hydrogen-bond acceptors (Lipinski definition) is 4. The fourth-order valence-electron chi connectivity index (χ4n) is 3.54. The van der Waals surface area contributed by atoms with Crippen LogP contribution in [0.1, 0.15) is 26.2 Å². The van der Waals surface area contributed by atoms with Crippen molar-refractivity contribution in [3.63, 3.8) is 0 Å². The third kappa shape index (κ3) is 3.22. The van der Waals surface area contributed by atoms with E-state index in [-0.39, 0.29) is 23.5 Å². The van der Waals surface area contributed by atoms with Crippen LogP contribution >= 0.6 is 0 Å². The molecule has 0 aliphatic heterocycles. The van der Waals surface area contributed by atoms with Crippen molar-refractivity contribution >= 4 is 28.4 Å². The zero-order chi connectivity index (χ0) is 18.1. The summed E-state index contributed by atoms with van der Waals surface area (Å²) >= 11 is 0. The SMILES string of the molecule is C[C@H]1CC(=O)CC[C@@H]1C(=O)Nc1ccc2nc(-c3ccccn3)[nH]c2c1. The Hall–Kier alpha value is -3.02. The van der Waals surface area contributed by atoms with Crippen molar-refractivity contribution in [2.75, 3.05) is 5.32 Å². The van der Waals surface area contributed by atoms with Gasteiger partial charge in [-0.25, -0.2) is 4.98 Å². The number of rotatable bonds is 3. The number of pyridine rings is 1. The molecule has 0 spiro atoms. The monoisotopic (exact) mass is 348 g/mol. The lowest BCUT2D eigenvalue weighted by Crippen LogP contribution is -2.33. The van der Waals surface area contributed by atoms with Crippen molar-refractivity contribution in [2.24, 2.45) is 11.8 Å². The normalized spacial score (nSPS) is 20.3. The van der Waals surface area contributed by atoms with Gasteiger partial charge in [-0.3, -0.25) is 14.6 Å². The van der Waals surface area contributed by atoms with Crippen molar-refractivity contribution < 1.29 is 9.59 Å². The number of ketones is 1. The Morgan fingerprint density at radius 3 is 2.92 bits per heavy atom. The molecule has 2 N–H and O–H groups in total. The Bertz CT molecular complexity index is 964. The molecule has 1 amide bonds. The fraction of sp³-hybridized carbons (Fsp3) is 0.300. The number of Topliss-reactive ketones (excluding diaryl/α,β-unsaturated/α-hetero) is 1. The van der Waals surface area contributed by atoms with Crippen LogP contribution in [-0.4, -0.2) is 26.6 Å². The average Bonchev–Trinajstić information content (AvgIpc) is 3.05. The lowest BCUT2D eigenvalue weighted by atomic mass is 9.79. The second-order valence-corrected chi connectivity index (χ2v) is 6.89. The van der Waals surface area contributed by atoms with Crippen molar-refractivity contribution in [3.05, 3.63) is 42.6 Å². The highest BCUT2D eigenvalue weighted by atomic mass is 16.2. The molecule has 2 atom stereocenters. The van der Waals surface area contributed by atoms with E-state index in [0.29, 0.717) is 25.1 Å². The second-order valence-electron chi connectivity index (χ2n) is 6.89.